The van der Waals surface area contributed by atoms with Crippen molar-refractivity contribution >= 4 is 17.6 Å². The number of esters is 2. The van der Waals surface area contributed by atoms with Gasteiger partial charge in [0.05, 0.1) is 4.92 Å². The molecule has 4 aromatic rings. The van der Waals surface area contributed by atoms with Crippen molar-refractivity contribution in [3.63, 3.8) is 0 Å². The molecule has 1 heterocycles. The topological polar surface area (TPSA) is 118 Å². The molecule has 0 aliphatic heterocycles. The van der Waals surface area contributed by atoms with Crippen LogP contribution in [0.25, 0.3) is 5.69 Å². The first-order valence-corrected chi connectivity index (χ1v) is 13.1. The molecule has 41 heavy (non-hydrogen) atoms. The Morgan fingerprint density at radius 2 is 1.29 bits per heavy atom. The van der Waals surface area contributed by atoms with E-state index in [1.54, 1.807) is 13.8 Å². The molecule has 0 spiro atoms. The number of hydrogen-bond donors (Lipinski definition) is 0. The second-order valence-corrected chi connectivity index (χ2v) is 10.1. The molecule has 0 fully saturated rings. The summed E-state index contributed by atoms with van der Waals surface area (Å²) in [7, 11) is 0. The van der Waals surface area contributed by atoms with Crippen molar-refractivity contribution in [2.24, 2.45) is 5.41 Å². The van der Waals surface area contributed by atoms with Gasteiger partial charge in [0.25, 0.3) is 11.2 Å². The lowest BCUT2D eigenvalue weighted by atomic mass is 9.84. The molecule has 0 radical (unpaired) electrons. The third-order valence-electron chi connectivity index (χ3n) is 7.60. The summed E-state index contributed by atoms with van der Waals surface area (Å²) in [6.07, 6.45) is -0.0455. The van der Waals surface area contributed by atoms with E-state index < -0.39 is 22.3 Å². The number of ether oxygens (including phenoxy) is 2. The summed E-state index contributed by atoms with van der Waals surface area (Å²) in [6, 6.07) is 24.0. The first-order valence-electron chi connectivity index (χ1n) is 13.1. The summed E-state index contributed by atoms with van der Waals surface area (Å²) in [5, 5.41) is 11.1. The van der Waals surface area contributed by atoms with Crippen LogP contribution in [-0.4, -0.2) is 21.4 Å². The fourth-order valence-electron chi connectivity index (χ4n) is 5.30. The zero-order valence-corrected chi connectivity index (χ0v) is 22.7. The molecule has 0 saturated heterocycles. The van der Waals surface area contributed by atoms with Crippen molar-refractivity contribution in [3.05, 3.63) is 139 Å². The summed E-state index contributed by atoms with van der Waals surface area (Å²) in [6.45, 7) is 3.36. The molecule has 9 nitrogen and oxygen atoms in total. The normalized spacial score (nSPS) is 13.3. The molecule has 1 aliphatic rings. The van der Waals surface area contributed by atoms with Crippen LogP contribution in [0.15, 0.2) is 89.7 Å². The predicted molar refractivity (Wildman–Crippen MR) is 150 cm³/mol. The number of aromatic nitrogens is 1. The SMILES string of the molecule is Cc1c2c(c(C)n(-c3ccc([N+](=O)[O-])cc3)c1=O)CC(C(=O)OCc1ccccc1)(C(=O)OCc1ccccc1)C2. The molecule has 3 aromatic carbocycles. The van der Waals surface area contributed by atoms with Gasteiger partial charge in [-0.25, -0.2) is 0 Å². The van der Waals surface area contributed by atoms with Gasteiger partial charge in [-0.2, -0.15) is 0 Å². The highest BCUT2D eigenvalue weighted by Crippen LogP contribution is 2.42. The van der Waals surface area contributed by atoms with Crippen molar-refractivity contribution in [2.45, 2.75) is 39.9 Å². The average molecular weight is 553 g/mol. The Kier molecular flexibility index (Phi) is 7.52. The lowest BCUT2D eigenvalue weighted by Gasteiger charge is -2.25. The highest BCUT2D eigenvalue weighted by Gasteiger charge is 2.54. The Bertz CT molecular complexity index is 1620. The van der Waals surface area contributed by atoms with E-state index in [-0.39, 0.29) is 37.3 Å². The van der Waals surface area contributed by atoms with E-state index in [4.69, 9.17) is 9.47 Å². The first kappa shape index (κ1) is 27.5. The Labute approximate surface area is 236 Å². The lowest BCUT2D eigenvalue weighted by molar-refractivity contribution is -0.384. The molecule has 1 aromatic heterocycles. The van der Waals surface area contributed by atoms with Gasteiger partial charge in [-0.15, -0.1) is 0 Å². The standard InChI is InChI=1S/C32H28N2O7/c1-21-27-17-32(30(36)40-19-23-9-5-3-6-10-23,31(37)41-20-24-11-7-4-8-12-24)18-28(27)22(2)33(29(21)35)25-13-15-26(16-14-25)34(38)39/h3-16H,17-20H2,1-2H3. The maximum Gasteiger partial charge on any atom is 0.324 e. The number of nitro groups is 1. The van der Waals surface area contributed by atoms with Crippen LogP contribution in [0.4, 0.5) is 5.69 Å². The van der Waals surface area contributed by atoms with Gasteiger partial charge in [0.1, 0.15) is 13.2 Å². The minimum absolute atomic E-state index is 0.0104. The first-order chi connectivity index (χ1) is 19.7. The maximum absolute atomic E-state index is 13.8. The van der Waals surface area contributed by atoms with Gasteiger partial charge in [-0.1, -0.05) is 60.7 Å². The number of pyridine rings is 1. The number of benzene rings is 3. The van der Waals surface area contributed by atoms with Gasteiger partial charge < -0.3 is 9.47 Å². The highest BCUT2D eigenvalue weighted by atomic mass is 16.6. The fourth-order valence-corrected chi connectivity index (χ4v) is 5.30. The van der Waals surface area contributed by atoms with E-state index in [9.17, 15) is 24.5 Å². The van der Waals surface area contributed by atoms with Crippen LogP contribution in [-0.2, 0) is 45.1 Å². The molecule has 0 atom stereocenters. The Hall–Kier alpha value is -5.05. The van der Waals surface area contributed by atoms with Crippen molar-refractivity contribution in [1.82, 2.24) is 4.57 Å². The van der Waals surface area contributed by atoms with Crippen LogP contribution in [0.3, 0.4) is 0 Å². The third-order valence-corrected chi connectivity index (χ3v) is 7.60. The monoisotopic (exact) mass is 552 g/mol. The fraction of sp³-hybridized carbons (Fsp3) is 0.219. The molecular formula is C32H28N2O7. The van der Waals surface area contributed by atoms with E-state index in [1.807, 2.05) is 60.7 Å². The number of carbonyl (C=O) groups is 2. The second kappa shape index (κ2) is 11.2. The van der Waals surface area contributed by atoms with Crippen LogP contribution < -0.4 is 5.56 Å². The minimum atomic E-state index is -1.68. The van der Waals surface area contributed by atoms with E-state index in [1.165, 1.54) is 28.8 Å². The molecular weight excluding hydrogens is 524 g/mol. The molecule has 0 saturated carbocycles. The zero-order chi connectivity index (χ0) is 29.1. The Balaban J connectivity index is 1.52. The van der Waals surface area contributed by atoms with Crippen LogP contribution in [0, 0.1) is 29.4 Å². The van der Waals surface area contributed by atoms with Gasteiger partial charge in [-0.05, 0) is 48.2 Å². The summed E-state index contributed by atoms with van der Waals surface area (Å²) >= 11 is 0. The number of non-ortho nitro benzene ring substituents is 1. The van der Waals surface area contributed by atoms with Crippen LogP contribution in [0.1, 0.15) is 33.5 Å². The Morgan fingerprint density at radius 1 is 0.805 bits per heavy atom. The van der Waals surface area contributed by atoms with E-state index in [0.717, 1.165) is 11.1 Å². The average Bonchev–Trinajstić information content (AvgIpc) is 3.42. The van der Waals surface area contributed by atoms with Crippen molar-refractivity contribution in [3.8, 4) is 5.69 Å². The number of fused-ring (bicyclic) bond motifs is 1. The van der Waals surface area contributed by atoms with Gasteiger partial charge in [0.15, 0.2) is 5.41 Å². The highest BCUT2D eigenvalue weighted by molar-refractivity contribution is 6.01. The number of nitrogens with zero attached hydrogens (tertiary/aromatic N) is 2. The lowest BCUT2D eigenvalue weighted by Crippen LogP contribution is -2.43. The Morgan fingerprint density at radius 3 is 1.78 bits per heavy atom. The molecule has 0 unspecified atom stereocenters. The largest absolute Gasteiger partial charge is 0.460 e. The number of carbonyl (C=O) groups excluding carboxylic acids is 2. The van der Waals surface area contributed by atoms with Gasteiger partial charge >= 0.3 is 11.9 Å². The van der Waals surface area contributed by atoms with E-state index in [2.05, 4.69) is 0 Å². The van der Waals surface area contributed by atoms with Crippen molar-refractivity contribution in [2.75, 3.05) is 0 Å². The molecule has 1 aliphatic carbocycles. The number of hydrogen-bond acceptors (Lipinski definition) is 7. The summed E-state index contributed by atoms with van der Waals surface area (Å²) < 4.78 is 12.8. The van der Waals surface area contributed by atoms with Crippen LogP contribution >= 0.6 is 0 Å². The van der Waals surface area contributed by atoms with E-state index in [0.29, 0.717) is 28.1 Å². The van der Waals surface area contributed by atoms with Gasteiger partial charge in [-0.3, -0.25) is 29.1 Å². The molecule has 5 rings (SSSR count). The maximum atomic E-state index is 13.8. The smallest absolute Gasteiger partial charge is 0.324 e. The van der Waals surface area contributed by atoms with Crippen molar-refractivity contribution < 1.29 is 24.0 Å². The predicted octanol–water partition coefficient (Wildman–Crippen LogP) is 4.93. The van der Waals surface area contributed by atoms with Crippen LogP contribution in [0.2, 0.25) is 0 Å². The number of nitro benzene ring substituents is 1. The molecule has 208 valence electrons. The summed E-state index contributed by atoms with van der Waals surface area (Å²) in [5.41, 5.74) is 2.09. The molecule has 9 heteroatoms. The van der Waals surface area contributed by atoms with Gasteiger partial charge in [0.2, 0.25) is 0 Å². The minimum Gasteiger partial charge on any atom is -0.460 e. The zero-order valence-electron chi connectivity index (χ0n) is 22.7. The summed E-state index contributed by atoms with van der Waals surface area (Å²) in [4.78, 5) is 51.7. The number of rotatable bonds is 8. The molecule has 0 N–H and O–H groups in total. The quantitative estimate of drug-likeness (QED) is 0.132. The van der Waals surface area contributed by atoms with E-state index >= 15 is 0 Å². The molecule has 0 amide bonds. The third kappa shape index (κ3) is 5.26. The summed E-state index contributed by atoms with van der Waals surface area (Å²) in [5.74, 6) is -1.44. The second-order valence-electron chi connectivity index (χ2n) is 10.1. The van der Waals surface area contributed by atoms with Gasteiger partial charge in [0, 0.05) is 41.9 Å². The molecule has 0 bridgehead atoms. The van der Waals surface area contributed by atoms with Crippen molar-refractivity contribution in [1.29, 1.82) is 0 Å². The van der Waals surface area contributed by atoms with Crippen LogP contribution in [0.5, 0.6) is 0 Å².